The number of ether oxygens (including phenoxy) is 6. The first kappa shape index (κ1) is 23.6. The third-order valence-corrected chi connectivity index (χ3v) is 4.82. The van der Waals surface area contributed by atoms with Crippen LogP contribution in [0.5, 0.6) is 34.5 Å². The maximum absolute atomic E-state index is 5.43. The van der Waals surface area contributed by atoms with E-state index in [9.17, 15) is 0 Å². The Balaban J connectivity index is 1.93. The minimum atomic E-state index is 0.379. The monoisotopic (exact) mass is 456 g/mol. The van der Waals surface area contributed by atoms with Gasteiger partial charge < -0.3 is 39.1 Å². The number of anilines is 4. The van der Waals surface area contributed by atoms with Crippen molar-refractivity contribution in [3.8, 4) is 34.5 Å². The van der Waals surface area contributed by atoms with Gasteiger partial charge in [0.2, 0.25) is 17.4 Å². The summed E-state index contributed by atoms with van der Waals surface area (Å²) in [6.07, 6.45) is 1.72. The molecule has 3 aromatic rings. The van der Waals surface area contributed by atoms with Crippen LogP contribution in [0.4, 0.5) is 23.1 Å². The van der Waals surface area contributed by atoms with Crippen LogP contribution in [-0.4, -0.2) is 52.6 Å². The lowest BCUT2D eigenvalue weighted by Gasteiger charge is -2.16. The molecule has 10 nitrogen and oxygen atoms in total. The number of rotatable bonds is 10. The van der Waals surface area contributed by atoms with E-state index in [4.69, 9.17) is 28.4 Å². The SMILES string of the molecule is COc1cc(Nc2ncc(C)c(Nc3cc(OC)c(OC)c(OC)c3)n2)cc(OC)c1OC. The molecule has 10 heteroatoms. The molecule has 0 saturated carbocycles. The van der Waals surface area contributed by atoms with E-state index in [-0.39, 0.29) is 0 Å². The zero-order chi connectivity index (χ0) is 24.0. The summed E-state index contributed by atoms with van der Waals surface area (Å²) < 4.78 is 32.4. The minimum absolute atomic E-state index is 0.379. The molecule has 0 bridgehead atoms. The van der Waals surface area contributed by atoms with Gasteiger partial charge in [0, 0.05) is 47.4 Å². The first-order valence-electron chi connectivity index (χ1n) is 9.95. The summed E-state index contributed by atoms with van der Waals surface area (Å²) in [6.45, 7) is 1.91. The number of aryl methyl sites for hydroxylation is 1. The number of nitrogens with zero attached hydrogens (tertiary/aromatic N) is 2. The predicted molar refractivity (Wildman–Crippen MR) is 126 cm³/mol. The topological polar surface area (TPSA) is 105 Å². The molecule has 3 rings (SSSR count). The van der Waals surface area contributed by atoms with Crippen LogP contribution in [0, 0.1) is 6.92 Å². The van der Waals surface area contributed by atoms with Gasteiger partial charge in [-0.2, -0.15) is 4.98 Å². The van der Waals surface area contributed by atoms with Crippen LogP contribution < -0.4 is 39.1 Å². The van der Waals surface area contributed by atoms with Gasteiger partial charge in [-0.05, 0) is 6.92 Å². The average molecular weight is 456 g/mol. The number of methoxy groups -OCH3 is 6. The Hall–Kier alpha value is -4.08. The van der Waals surface area contributed by atoms with Crippen LogP contribution >= 0.6 is 0 Å². The Kier molecular flexibility index (Phi) is 7.50. The zero-order valence-electron chi connectivity index (χ0n) is 19.7. The van der Waals surface area contributed by atoms with Crippen LogP contribution in [0.15, 0.2) is 30.5 Å². The van der Waals surface area contributed by atoms with Gasteiger partial charge in [-0.15, -0.1) is 0 Å². The summed E-state index contributed by atoms with van der Waals surface area (Å²) >= 11 is 0. The fourth-order valence-corrected chi connectivity index (χ4v) is 3.20. The predicted octanol–water partition coefficient (Wildman–Crippen LogP) is 4.32. The van der Waals surface area contributed by atoms with E-state index < -0.39 is 0 Å². The van der Waals surface area contributed by atoms with Gasteiger partial charge in [-0.3, -0.25) is 0 Å². The molecule has 1 heterocycles. The number of nitrogens with one attached hydrogen (secondary N) is 2. The fraction of sp³-hybridized carbons (Fsp3) is 0.304. The number of aromatic nitrogens is 2. The van der Waals surface area contributed by atoms with E-state index >= 15 is 0 Å². The second-order valence-electron chi connectivity index (χ2n) is 6.80. The van der Waals surface area contributed by atoms with E-state index in [1.807, 2.05) is 6.92 Å². The van der Waals surface area contributed by atoms with Crippen molar-refractivity contribution in [3.63, 3.8) is 0 Å². The normalized spacial score (nSPS) is 10.3. The Morgan fingerprint density at radius 2 is 1.03 bits per heavy atom. The van der Waals surface area contributed by atoms with Crippen molar-refractivity contribution in [2.24, 2.45) is 0 Å². The van der Waals surface area contributed by atoms with Gasteiger partial charge >= 0.3 is 0 Å². The quantitative estimate of drug-likeness (QED) is 0.458. The summed E-state index contributed by atoms with van der Waals surface area (Å²) in [5.74, 6) is 4.09. The zero-order valence-corrected chi connectivity index (χ0v) is 19.7. The summed E-state index contributed by atoms with van der Waals surface area (Å²) in [7, 11) is 9.36. The van der Waals surface area contributed by atoms with Crippen LogP contribution in [-0.2, 0) is 0 Å². The summed E-state index contributed by atoms with van der Waals surface area (Å²) in [6, 6.07) is 7.15. The molecule has 0 saturated heterocycles. The molecular weight excluding hydrogens is 428 g/mol. The van der Waals surface area contributed by atoms with E-state index in [1.165, 1.54) is 0 Å². The Morgan fingerprint density at radius 1 is 0.606 bits per heavy atom. The van der Waals surface area contributed by atoms with Crippen molar-refractivity contribution >= 4 is 23.1 Å². The Morgan fingerprint density at radius 3 is 1.42 bits per heavy atom. The highest BCUT2D eigenvalue weighted by Gasteiger charge is 2.16. The van der Waals surface area contributed by atoms with E-state index in [2.05, 4.69) is 20.6 Å². The van der Waals surface area contributed by atoms with Crippen molar-refractivity contribution in [2.75, 3.05) is 53.3 Å². The third-order valence-electron chi connectivity index (χ3n) is 4.82. The third kappa shape index (κ3) is 5.05. The first-order chi connectivity index (χ1) is 16.0. The molecular formula is C23H28N4O6. The van der Waals surface area contributed by atoms with Gasteiger partial charge in [-0.25, -0.2) is 4.98 Å². The second-order valence-corrected chi connectivity index (χ2v) is 6.80. The number of hydrogen-bond donors (Lipinski definition) is 2. The van der Waals surface area contributed by atoms with Crippen LogP contribution in [0.3, 0.4) is 0 Å². The smallest absolute Gasteiger partial charge is 0.229 e. The van der Waals surface area contributed by atoms with Crippen LogP contribution in [0.25, 0.3) is 0 Å². The molecule has 176 valence electrons. The molecule has 0 aliphatic carbocycles. The van der Waals surface area contributed by atoms with Gasteiger partial charge in [0.15, 0.2) is 23.0 Å². The van der Waals surface area contributed by atoms with E-state index in [1.54, 1.807) is 73.1 Å². The van der Waals surface area contributed by atoms with Gasteiger partial charge in [-0.1, -0.05) is 0 Å². The lowest BCUT2D eigenvalue weighted by Crippen LogP contribution is -2.04. The van der Waals surface area contributed by atoms with Crippen molar-refractivity contribution in [2.45, 2.75) is 6.92 Å². The molecule has 0 atom stereocenters. The molecule has 0 unspecified atom stereocenters. The van der Waals surface area contributed by atoms with Crippen LogP contribution in [0.2, 0.25) is 0 Å². The minimum Gasteiger partial charge on any atom is -0.493 e. The van der Waals surface area contributed by atoms with Crippen molar-refractivity contribution in [1.29, 1.82) is 0 Å². The molecule has 33 heavy (non-hydrogen) atoms. The molecule has 0 amide bonds. The van der Waals surface area contributed by atoms with E-state index in [0.717, 1.165) is 5.56 Å². The molecule has 0 aliphatic heterocycles. The largest absolute Gasteiger partial charge is 0.493 e. The van der Waals surface area contributed by atoms with Crippen molar-refractivity contribution < 1.29 is 28.4 Å². The van der Waals surface area contributed by atoms with Crippen LogP contribution in [0.1, 0.15) is 5.56 Å². The lowest BCUT2D eigenvalue weighted by atomic mass is 10.2. The van der Waals surface area contributed by atoms with Gasteiger partial charge in [0.1, 0.15) is 5.82 Å². The molecule has 0 radical (unpaired) electrons. The highest BCUT2D eigenvalue weighted by atomic mass is 16.5. The highest BCUT2D eigenvalue weighted by Crippen LogP contribution is 2.42. The lowest BCUT2D eigenvalue weighted by molar-refractivity contribution is 0.324. The maximum atomic E-state index is 5.43. The first-order valence-corrected chi connectivity index (χ1v) is 9.95. The molecule has 0 spiro atoms. The maximum Gasteiger partial charge on any atom is 0.229 e. The average Bonchev–Trinajstić information content (AvgIpc) is 2.84. The van der Waals surface area contributed by atoms with Gasteiger partial charge in [0.05, 0.1) is 42.7 Å². The second kappa shape index (κ2) is 10.5. The number of hydrogen-bond acceptors (Lipinski definition) is 10. The molecule has 2 N–H and O–H groups in total. The molecule has 0 fully saturated rings. The summed E-state index contributed by atoms with van der Waals surface area (Å²) in [5.41, 5.74) is 2.23. The Labute approximate surface area is 192 Å². The van der Waals surface area contributed by atoms with Crippen molar-refractivity contribution in [3.05, 3.63) is 36.0 Å². The molecule has 0 aliphatic rings. The van der Waals surface area contributed by atoms with Crippen molar-refractivity contribution in [1.82, 2.24) is 9.97 Å². The number of benzene rings is 2. The highest BCUT2D eigenvalue weighted by molar-refractivity contribution is 5.69. The fourth-order valence-electron chi connectivity index (χ4n) is 3.20. The standard InChI is InChI=1S/C23H28N4O6/c1-13-12-24-23(26-15-10-18(30-4)21(33-7)19(11-15)31-5)27-22(13)25-14-8-16(28-2)20(32-6)17(9-14)29-3/h8-12H,1-7H3,(H2,24,25,26,27). The molecule has 2 aromatic carbocycles. The molecule has 1 aromatic heterocycles. The summed E-state index contributed by atoms with van der Waals surface area (Å²) in [4.78, 5) is 8.99. The van der Waals surface area contributed by atoms with E-state index in [0.29, 0.717) is 57.6 Å². The summed E-state index contributed by atoms with van der Waals surface area (Å²) in [5, 5.41) is 6.46. The Bertz CT molecular complexity index is 1070. The van der Waals surface area contributed by atoms with Gasteiger partial charge in [0.25, 0.3) is 0 Å².